The van der Waals surface area contributed by atoms with Crippen LogP contribution in [-0.4, -0.2) is 132 Å². The van der Waals surface area contributed by atoms with E-state index < -0.39 is 49.3 Å². The van der Waals surface area contributed by atoms with Crippen molar-refractivity contribution in [1.82, 2.24) is 4.90 Å². The lowest BCUT2D eigenvalue weighted by Crippen LogP contribution is -2.55. The number of nitrogens with two attached hydrogens (primary N) is 1. The predicted octanol–water partition coefficient (Wildman–Crippen LogP) is -4.54. The quantitative estimate of drug-likeness (QED) is 0.135. The van der Waals surface area contributed by atoms with Crippen molar-refractivity contribution < 1.29 is 46.0 Å². The zero-order valence-electron chi connectivity index (χ0n) is 16.6. The molecule has 0 aromatic rings. The Kier molecular flexibility index (Phi) is 12.0. The van der Waals surface area contributed by atoms with Crippen LogP contribution in [0.1, 0.15) is 32.1 Å². The summed E-state index contributed by atoms with van der Waals surface area (Å²) in [5.41, 5.74) is 5.92. The Balaban J connectivity index is 2.82. The largest absolute Gasteiger partial charge is 0.396 e. The first kappa shape index (κ1) is 26.6. The van der Waals surface area contributed by atoms with Crippen LogP contribution in [0.15, 0.2) is 0 Å². The molecule has 1 aliphatic carbocycles. The van der Waals surface area contributed by atoms with Crippen molar-refractivity contribution in [1.29, 1.82) is 0 Å². The maximum absolute atomic E-state index is 10.3. The Bertz CT molecular complexity index is 440. The van der Waals surface area contributed by atoms with Crippen molar-refractivity contribution in [3.05, 3.63) is 0 Å². The summed E-state index contributed by atoms with van der Waals surface area (Å²) in [5, 5.41) is 87.7. The van der Waals surface area contributed by atoms with Crippen LogP contribution in [0.2, 0.25) is 0 Å². The van der Waals surface area contributed by atoms with Crippen molar-refractivity contribution in [3.63, 3.8) is 0 Å². The summed E-state index contributed by atoms with van der Waals surface area (Å²) >= 11 is 0. The molecule has 0 heterocycles. The summed E-state index contributed by atoms with van der Waals surface area (Å²) in [6, 6.07) is -0.0691. The van der Waals surface area contributed by atoms with Gasteiger partial charge in [0.1, 0.15) is 24.4 Å². The van der Waals surface area contributed by atoms with E-state index in [0.717, 1.165) is 12.8 Å². The van der Waals surface area contributed by atoms with Gasteiger partial charge in [0.2, 0.25) is 0 Å². The fourth-order valence-corrected chi connectivity index (χ4v) is 3.66. The molecule has 0 aliphatic heterocycles. The zero-order chi connectivity index (χ0) is 22.1. The molecule has 11 N–H and O–H groups in total. The Morgan fingerprint density at radius 2 is 1.17 bits per heavy atom. The molecule has 7 atom stereocenters. The third-order valence-corrected chi connectivity index (χ3v) is 5.64. The maximum atomic E-state index is 10.3. The molecule has 29 heavy (non-hydrogen) atoms. The SMILES string of the molecule is N[C@H]1CC[C@@H](N(C[C@H](O)[C@@H](O)[C@H](O)[C@H](O)CO)C[C@H](O)[C@@H](O)[C@H](O)CCO)CC1. The molecule has 0 aromatic carbocycles. The van der Waals surface area contributed by atoms with Crippen LogP contribution >= 0.6 is 0 Å². The van der Waals surface area contributed by atoms with Gasteiger partial charge in [-0.15, -0.1) is 0 Å². The standard InChI is InChI=1S/C18H38N2O9/c19-10-1-3-11(4-2-10)20(7-13(24)16(27)12(23)5-6-21)8-14(25)17(28)18(29)15(26)9-22/h10-18,21-29H,1-9,19H2/t10-,11+,12-,13+,14+,15-,16+,17-,18-/m1/s1. The second kappa shape index (κ2) is 13.1. The Hall–Kier alpha value is -0.440. The predicted molar refractivity (Wildman–Crippen MR) is 103 cm³/mol. The molecule has 0 radical (unpaired) electrons. The molecule has 1 saturated carbocycles. The molecular weight excluding hydrogens is 388 g/mol. The summed E-state index contributed by atoms with van der Waals surface area (Å²) in [7, 11) is 0. The molecule has 1 rings (SSSR count). The molecular formula is C18H38N2O9. The Morgan fingerprint density at radius 1 is 0.690 bits per heavy atom. The highest BCUT2D eigenvalue weighted by molar-refractivity contribution is 4.89. The van der Waals surface area contributed by atoms with Crippen molar-refractivity contribution in [3.8, 4) is 0 Å². The van der Waals surface area contributed by atoms with Crippen molar-refractivity contribution in [2.24, 2.45) is 5.73 Å². The molecule has 0 amide bonds. The van der Waals surface area contributed by atoms with Crippen LogP contribution in [0.4, 0.5) is 0 Å². The third-order valence-electron chi connectivity index (χ3n) is 5.64. The van der Waals surface area contributed by atoms with Crippen molar-refractivity contribution in [2.45, 2.75) is 86.9 Å². The van der Waals surface area contributed by atoms with E-state index in [9.17, 15) is 35.7 Å². The van der Waals surface area contributed by atoms with Gasteiger partial charge in [-0.3, -0.25) is 4.90 Å². The first-order chi connectivity index (χ1) is 13.6. The number of hydrogen-bond donors (Lipinski definition) is 10. The molecule has 1 fully saturated rings. The zero-order valence-corrected chi connectivity index (χ0v) is 16.6. The van der Waals surface area contributed by atoms with E-state index >= 15 is 0 Å². The van der Waals surface area contributed by atoms with Gasteiger partial charge in [-0.1, -0.05) is 0 Å². The summed E-state index contributed by atoms with van der Waals surface area (Å²) < 4.78 is 0. The lowest BCUT2D eigenvalue weighted by atomic mass is 9.89. The molecule has 174 valence electrons. The van der Waals surface area contributed by atoms with E-state index in [1.165, 1.54) is 0 Å². The highest BCUT2D eigenvalue weighted by atomic mass is 16.4. The van der Waals surface area contributed by atoms with E-state index in [1.54, 1.807) is 4.90 Å². The first-order valence-corrected chi connectivity index (χ1v) is 10.1. The number of rotatable bonds is 13. The minimum atomic E-state index is -1.77. The van der Waals surface area contributed by atoms with Gasteiger partial charge in [0, 0.05) is 31.8 Å². The molecule has 11 nitrogen and oxygen atoms in total. The van der Waals surface area contributed by atoms with Gasteiger partial charge < -0.3 is 51.7 Å². The monoisotopic (exact) mass is 426 g/mol. The summed E-state index contributed by atoms with van der Waals surface area (Å²) in [6.45, 7) is -1.46. The fourth-order valence-electron chi connectivity index (χ4n) is 3.66. The highest BCUT2D eigenvalue weighted by Crippen LogP contribution is 2.24. The Labute approximate surface area is 170 Å². The average molecular weight is 427 g/mol. The molecule has 1 aliphatic rings. The second-order valence-corrected chi connectivity index (χ2v) is 7.96. The van der Waals surface area contributed by atoms with Gasteiger partial charge in [0.15, 0.2) is 0 Å². The number of aliphatic hydroxyl groups excluding tert-OH is 9. The van der Waals surface area contributed by atoms with Crippen LogP contribution in [0.25, 0.3) is 0 Å². The topological polar surface area (TPSA) is 211 Å². The molecule has 0 aromatic heterocycles. The van der Waals surface area contributed by atoms with E-state index in [2.05, 4.69) is 0 Å². The van der Waals surface area contributed by atoms with Crippen molar-refractivity contribution >= 4 is 0 Å². The van der Waals surface area contributed by atoms with Gasteiger partial charge in [0.05, 0.1) is 24.9 Å². The minimum absolute atomic E-state index is 0.0482. The van der Waals surface area contributed by atoms with Crippen molar-refractivity contribution in [2.75, 3.05) is 26.3 Å². The minimum Gasteiger partial charge on any atom is -0.396 e. The van der Waals surface area contributed by atoms with Crippen LogP contribution < -0.4 is 5.73 Å². The summed E-state index contributed by atoms with van der Waals surface area (Å²) in [6.07, 6.45) is -8.21. The normalized spacial score (nSPS) is 27.8. The average Bonchev–Trinajstić information content (AvgIpc) is 2.71. The Morgan fingerprint density at radius 3 is 1.66 bits per heavy atom. The lowest BCUT2D eigenvalue weighted by Gasteiger charge is -2.40. The van der Waals surface area contributed by atoms with Crippen LogP contribution in [-0.2, 0) is 0 Å². The second-order valence-electron chi connectivity index (χ2n) is 7.96. The summed E-state index contributed by atoms with van der Waals surface area (Å²) in [5.74, 6) is 0. The maximum Gasteiger partial charge on any atom is 0.111 e. The number of nitrogens with zero attached hydrogens (tertiary/aromatic N) is 1. The molecule has 0 spiro atoms. The fraction of sp³-hybridized carbons (Fsp3) is 1.00. The van der Waals surface area contributed by atoms with Gasteiger partial charge in [-0.05, 0) is 32.1 Å². The first-order valence-electron chi connectivity index (χ1n) is 10.1. The summed E-state index contributed by atoms with van der Waals surface area (Å²) in [4.78, 5) is 1.65. The van der Waals surface area contributed by atoms with E-state index in [1.807, 2.05) is 0 Å². The molecule has 0 unspecified atom stereocenters. The molecule has 0 saturated heterocycles. The van der Waals surface area contributed by atoms with Gasteiger partial charge in [-0.2, -0.15) is 0 Å². The van der Waals surface area contributed by atoms with E-state index in [4.69, 9.17) is 15.9 Å². The van der Waals surface area contributed by atoms with Gasteiger partial charge >= 0.3 is 0 Å². The molecule has 11 heteroatoms. The lowest BCUT2D eigenvalue weighted by molar-refractivity contribution is -0.126. The molecule has 0 bridgehead atoms. The van der Waals surface area contributed by atoms with Gasteiger partial charge in [-0.25, -0.2) is 0 Å². The highest BCUT2D eigenvalue weighted by Gasteiger charge is 2.35. The number of aliphatic hydroxyl groups is 9. The van der Waals surface area contributed by atoms with E-state index in [-0.39, 0.29) is 38.2 Å². The number of hydrogen-bond acceptors (Lipinski definition) is 11. The van der Waals surface area contributed by atoms with Crippen LogP contribution in [0, 0.1) is 0 Å². The third kappa shape index (κ3) is 8.31. The smallest absolute Gasteiger partial charge is 0.111 e. The van der Waals surface area contributed by atoms with Gasteiger partial charge in [0.25, 0.3) is 0 Å². The van der Waals surface area contributed by atoms with E-state index in [0.29, 0.717) is 12.8 Å². The van der Waals surface area contributed by atoms with Crippen LogP contribution in [0.3, 0.4) is 0 Å². The van der Waals surface area contributed by atoms with Crippen LogP contribution in [0.5, 0.6) is 0 Å².